The summed E-state index contributed by atoms with van der Waals surface area (Å²) in [5.41, 5.74) is 2.14. The van der Waals surface area contributed by atoms with Gasteiger partial charge in [0.05, 0.1) is 17.8 Å². The van der Waals surface area contributed by atoms with E-state index in [-0.39, 0.29) is 5.91 Å². The first-order chi connectivity index (χ1) is 8.81. The standard InChI is InChI=1S/C13H14N4O/c1-14-12-7-3-2-6-11(12)13(18)15-9-10-5-4-8-16-17-10/h2-8,14H,9H2,1H3,(H,15,18). The molecular weight excluding hydrogens is 228 g/mol. The van der Waals surface area contributed by atoms with Crippen LogP contribution < -0.4 is 10.6 Å². The average Bonchev–Trinajstić information content (AvgIpc) is 2.45. The van der Waals surface area contributed by atoms with E-state index in [2.05, 4.69) is 20.8 Å². The zero-order valence-electron chi connectivity index (χ0n) is 10.1. The van der Waals surface area contributed by atoms with Crippen molar-refractivity contribution >= 4 is 11.6 Å². The summed E-state index contributed by atoms with van der Waals surface area (Å²) in [7, 11) is 1.79. The number of para-hydroxylation sites is 1. The predicted molar refractivity (Wildman–Crippen MR) is 69.2 cm³/mol. The minimum atomic E-state index is -0.134. The number of anilines is 1. The van der Waals surface area contributed by atoms with Crippen LogP contribution in [0.5, 0.6) is 0 Å². The summed E-state index contributed by atoms with van der Waals surface area (Å²) in [5.74, 6) is -0.134. The monoisotopic (exact) mass is 242 g/mol. The fourth-order valence-electron chi connectivity index (χ4n) is 1.59. The van der Waals surface area contributed by atoms with Crippen LogP contribution in [-0.2, 0) is 6.54 Å². The molecule has 1 heterocycles. The summed E-state index contributed by atoms with van der Waals surface area (Å²) in [6, 6.07) is 11.0. The molecule has 1 amide bonds. The van der Waals surface area contributed by atoms with Crippen LogP contribution in [0.2, 0.25) is 0 Å². The number of hydrogen-bond acceptors (Lipinski definition) is 4. The Balaban J connectivity index is 2.04. The molecule has 0 atom stereocenters. The Bertz CT molecular complexity index is 528. The summed E-state index contributed by atoms with van der Waals surface area (Å²) < 4.78 is 0. The van der Waals surface area contributed by atoms with Crippen LogP contribution in [0.15, 0.2) is 42.6 Å². The van der Waals surface area contributed by atoms with Crippen molar-refractivity contribution in [1.82, 2.24) is 15.5 Å². The highest BCUT2D eigenvalue weighted by molar-refractivity contribution is 5.99. The molecule has 0 aliphatic carbocycles. The summed E-state index contributed by atoms with van der Waals surface area (Å²) in [4.78, 5) is 12.0. The summed E-state index contributed by atoms with van der Waals surface area (Å²) in [6.45, 7) is 0.366. The van der Waals surface area contributed by atoms with Crippen LogP contribution >= 0.6 is 0 Å². The van der Waals surface area contributed by atoms with Gasteiger partial charge in [-0.2, -0.15) is 10.2 Å². The third kappa shape index (κ3) is 2.82. The van der Waals surface area contributed by atoms with Gasteiger partial charge in [-0.3, -0.25) is 4.79 Å². The van der Waals surface area contributed by atoms with Crippen molar-refractivity contribution in [2.45, 2.75) is 6.54 Å². The largest absolute Gasteiger partial charge is 0.387 e. The lowest BCUT2D eigenvalue weighted by molar-refractivity contribution is 0.0951. The number of rotatable bonds is 4. The first-order valence-electron chi connectivity index (χ1n) is 5.63. The molecule has 0 radical (unpaired) electrons. The molecule has 2 aromatic rings. The van der Waals surface area contributed by atoms with Crippen molar-refractivity contribution in [2.75, 3.05) is 12.4 Å². The molecule has 2 rings (SSSR count). The minimum absolute atomic E-state index is 0.134. The number of nitrogens with one attached hydrogen (secondary N) is 2. The molecule has 5 nitrogen and oxygen atoms in total. The first-order valence-corrected chi connectivity index (χ1v) is 5.63. The number of benzene rings is 1. The maximum atomic E-state index is 12.0. The molecule has 0 unspecified atom stereocenters. The maximum absolute atomic E-state index is 12.0. The van der Waals surface area contributed by atoms with E-state index in [4.69, 9.17) is 0 Å². The number of hydrogen-bond donors (Lipinski definition) is 2. The SMILES string of the molecule is CNc1ccccc1C(=O)NCc1cccnn1. The van der Waals surface area contributed by atoms with Gasteiger partial charge in [0, 0.05) is 18.9 Å². The normalized spacial score (nSPS) is 9.83. The molecule has 2 N–H and O–H groups in total. The average molecular weight is 242 g/mol. The van der Waals surface area contributed by atoms with Crippen molar-refractivity contribution in [3.05, 3.63) is 53.9 Å². The lowest BCUT2D eigenvalue weighted by Crippen LogP contribution is -2.24. The van der Waals surface area contributed by atoms with E-state index >= 15 is 0 Å². The first kappa shape index (κ1) is 12.0. The highest BCUT2D eigenvalue weighted by atomic mass is 16.1. The van der Waals surface area contributed by atoms with E-state index in [0.717, 1.165) is 11.4 Å². The summed E-state index contributed by atoms with van der Waals surface area (Å²) in [5, 5.41) is 13.5. The molecule has 0 saturated carbocycles. The minimum Gasteiger partial charge on any atom is -0.387 e. The molecule has 0 fully saturated rings. The second-order valence-corrected chi connectivity index (χ2v) is 3.69. The number of carbonyl (C=O) groups is 1. The van der Waals surface area contributed by atoms with E-state index in [1.807, 2.05) is 24.3 Å². The third-order valence-corrected chi connectivity index (χ3v) is 2.50. The zero-order chi connectivity index (χ0) is 12.8. The van der Waals surface area contributed by atoms with Crippen LogP contribution in [0.4, 0.5) is 5.69 Å². The fourth-order valence-corrected chi connectivity index (χ4v) is 1.59. The van der Waals surface area contributed by atoms with Gasteiger partial charge in [-0.15, -0.1) is 0 Å². The van der Waals surface area contributed by atoms with Gasteiger partial charge < -0.3 is 10.6 Å². The van der Waals surface area contributed by atoms with Crippen molar-refractivity contribution in [3.8, 4) is 0 Å². The number of aromatic nitrogens is 2. The molecule has 92 valence electrons. The predicted octanol–water partition coefficient (Wildman–Crippen LogP) is 1.45. The van der Waals surface area contributed by atoms with Gasteiger partial charge in [0.15, 0.2) is 0 Å². The highest BCUT2D eigenvalue weighted by Gasteiger charge is 2.09. The van der Waals surface area contributed by atoms with Gasteiger partial charge >= 0.3 is 0 Å². The van der Waals surface area contributed by atoms with Gasteiger partial charge in [-0.25, -0.2) is 0 Å². The molecule has 1 aromatic heterocycles. The lowest BCUT2D eigenvalue weighted by atomic mass is 10.1. The van der Waals surface area contributed by atoms with E-state index in [9.17, 15) is 4.79 Å². The Hall–Kier alpha value is -2.43. The molecule has 0 bridgehead atoms. The number of nitrogens with zero attached hydrogens (tertiary/aromatic N) is 2. The van der Waals surface area contributed by atoms with Crippen molar-refractivity contribution in [1.29, 1.82) is 0 Å². The van der Waals surface area contributed by atoms with Gasteiger partial charge in [-0.05, 0) is 24.3 Å². The molecule has 0 saturated heterocycles. The number of amides is 1. The van der Waals surface area contributed by atoms with Gasteiger partial charge in [0.2, 0.25) is 0 Å². The van der Waals surface area contributed by atoms with Crippen LogP contribution in [0.25, 0.3) is 0 Å². The molecule has 18 heavy (non-hydrogen) atoms. The Morgan fingerprint density at radius 3 is 2.78 bits per heavy atom. The van der Waals surface area contributed by atoms with Crippen molar-refractivity contribution in [3.63, 3.8) is 0 Å². The second-order valence-electron chi connectivity index (χ2n) is 3.69. The maximum Gasteiger partial charge on any atom is 0.253 e. The van der Waals surface area contributed by atoms with Crippen LogP contribution in [-0.4, -0.2) is 23.2 Å². The molecular formula is C13H14N4O. The summed E-state index contributed by atoms with van der Waals surface area (Å²) in [6.07, 6.45) is 1.60. The second kappa shape index (κ2) is 5.77. The van der Waals surface area contributed by atoms with Gasteiger partial charge in [-0.1, -0.05) is 12.1 Å². The van der Waals surface area contributed by atoms with E-state index < -0.39 is 0 Å². The Labute approximate surface area is 105 Å². The van der Waals surface area contributed by atoms with Crippen LogP contribution in [0.3, 0.4) is 0 Å². The van der Waals surface area contributed by atoms with E-state index in [1.54, 1.807) is 25.4 Å². The van der Waals surface area contributed by atoms with Crippen molar-refractivity contribution in [2.24, 2.45) is 0 Å². The summed E-state index contributed by atoms with van der Waals surface area (Å²) >= 11 is 0. The number of carbonyl (C=O) groups excluding carboxylic acids is 1. The molecule has 1 aromatic carbocycles. The van der Waals surface area contributed by atoms with E-state index in [0.29, 0.717) is 12.1 Å². The molecule has 0 aliphatic rings. The van der Waals surface area contributed by atoms with E-state index in [1.165, 1.54) is 0 Å². The molecule has 5 heteroatoms. The topological polar surface area (TPSA) is 66.9 Å². The van der Waals surface area contributed by atoms with Crippen LogP contribution in [0.1, 0.15) is 16.1 Å². The third-order valence-electron chi connectivity index (χ3n) is 2.50. The molecule has 0 aliphatic heterocycles. The zero-order valence-corrected chi connectivity index (χ0v) is 10.1. The van der Waals surface area contributed by atoms with Gasteiger partial charge in [0.25, 0.3) is 5.91 Å². The fraction of sp³-hybridized carbons (Fsp3) is 0.154. The molecule has 0 spiro atoms. The van der Waals surface area contributed by atoms with Crippen molar-refractivity contribution < 1.29 is 4.79 Å². The quantitative estimate of drug-likeness (QED) is 0.851. The van der Waals surface area contributed by atoms with Crippen LogP contribution in [0, 0.1) is 0 Å². The Morgan fingerprint density at radius 2 is 2.06 bits per heavy atom. The van der Waals surface area contributed by atoms with Gasteiger partial charge in [0.1, 0.15) is 0 Å². The lowest BCUT2D eigenvalue weighted by Gasteiger charge is -2.08. The Morgan fingerprint density at radius 1 is 1.22 bits per heavy atom. The highest BCUT2D eigenvalue weighted by Crippen LogP contribution is 2.13. The smallest absolute Gasteiger partial charge is 0.253 e. The Kier molecular flexibility index (Phi) is 3.86.